The Hall–Kier alpha value is -1.13. The highest BCUT2D eigenvalue weighted by molar-refractivity contribution is 5.85. The molecule has 0 spiro atoms. The van der Waals surface area contributed by atoms with E-state index in [9.17, 15) is 4.79 Å². The SMILES string of the molecule is Cc1ccc(CNC(=O)C2NCCCC2(C)C)cn1.Cl. The van der Waals surface area contributed by atoms with E-state index in [-0.39, 0.29) is 29.8 Å². The zero-order valence-electron chi connectivity index (χ0n) is 12.4. The third kappa shape index (κ3) is 4.18. The van der Waals surface area contributed by atoms with Crippen LogP contribution in [0.25, 0.3) is 0 Å². The molecule has 5 heteroatoms. The maximum Gasteiger partial charge on any atom is 0.237 e. The summed E-state index contributed by atoms with van der Waals surface area (Å²) in [5, 5.41) is 6.33. The minimum atomic E-state index is -0.0975. The van der Waals surface area contributed by atoms with E-state index in [4.69, 9.17) is 0 Å². The van der Waals surface area contributed by atoms with Crippen LogP contribution in [0.5, 0.6) is 0 Å². The van der Waals surface area contributed by atoms with Crippen molar-refractivity contribution < 1.29 is 4.79 Å². The van der Waals surface area contributed by atoms with Gasteiger partial charge in [0.1, 0.15) is 0 Å². The summed E-state index contributed by atoms with van der Waals surface area (Å²) < 4.78 is 0. The summed E-state index contributed by atoms with van der Waals surface area (Å²) in [5.41, 5.74) is 2.05. The lowest BCUT2D eigenvalue weighted by atomic mass is 9.77. The molecule has 2 N–H and O–H groups in total. The normalized spacial score (nSPS) is 20.9. The summed E-state index contributed by atoms with van der Waals surface area (Å²) in [7, 11) is 0. The third-order valence-electron chi connectivity index (χ3n) is 3.83. The largest absolute Gasteiger partial charge is 0.351 e. The summed E-state index contributed by atoms with van der Waals surface area (Å²) in [4.78, 5) is 16.5. The molecule has 2 heterocycles. The number of nitrogens with one attached hydrogen (secondary N) is 2. The number of carbonyl (C=O) groups is 1. The summed E-state index contributed by atoms with van der Waals surface area (Å²) in [6.45, 7) is 7.72. The molecule has 1 aromatic rings. The molecule has 20 heavy (non-hydrogen) atoms. The number of pyridine rings is 1. The first-order chi connectivity index (χ1) is 8.99. The highest BCUT2D eigenvalue weighted by Gasteiger charge is 2.36. The fourth-order valence-electron chi connectivity index (χ4n) is 2.55. The van der Waals surface area contributed by atoms with Crippen LogP contribution in [-0.2, 0) is 11.3 Å². The van der Waals surface area contributed by atoms with Crippen molar-refractivity contribution in [3.05, 3.63) is 29.6 Å². The molecule has 1 atom stereocenters. The number of halogens is 1. The molecule has 1 amide bonds. The molecular weight excluding hydrogens is 274 g/mol. The lowest BCUT2D eigenvalue weighted by Gasteiger charge is -2.38. The zero-order chi connectivity index (χ0) is 13.9. The Morgan fingerprint density at radius 3 is 2.85 bits per heavy atom. The molecule has 4 nitrogen and oxygen atoms in total. The number of hydrogen-bond donors (Lipinski definition) is 2. The molecule has 1 unspecified atom stereocenters. The average Bonchev–Trinajstić information content (AvgIpc) is 2.37. The first kappa shape index (κ1) is 16.9. The number of aryl methyl sites for hydroxylation is 1. The van der Waals surface area contributed by atoms with Crippen molar-refractivity contribution in [2.24, 2.45) is 5.41 Å². The molecule has 0 bridgehead atoms. The van der Waals surface area contributed by atoms with Crippen molar-refractivity contribution in [2.75, 3.05) is 6.54 Å². The number of nitrogens with zero attached hydrogens (tertiary/aromatic N) is 1. The second kappa shape index (κ2) is 7.04. The second-order valence-electron chi connectivity index (χ2n) is 6.00. The van der Waals surface area contributed by atoms with Gasteiger partial charge in [-0.2, -0.15) is 0 Å². The van der Waals surface area contributed by atoms with Crippen LogP contribution in [0.2, 0.25) is 0 Å². The van der Waals surface area contributed by atoms with Crippen LogP contribution in [-0.4, -0.2) is 23.5 Å². The molecule has 1 fully saturated rings. The van der Waals surface area contributed by atoms with Gasteiger partial charge in [-0.1, -0.05) is 19.9 Å². The van der Waals surface area contributed by atoms with Gasteiger partial charge >= 0.3 is 0 Å². The fourth-order valence-corrected chi connectivity index (χ4v) is 2.55. The molecule has 0 aliphatic carbocycles. The molecule has 1 aliphatic rings. The van der Waals surface area contributed by atoms with Crippen molar-refractivity contribution in [2.45, 2.75) is 46.2 Å². The van der Waals surface area contributed by atoms with Crippen molar-refractivity contribution in [3.63, 3.8) is 0 Å². The van der Waals surface area contributed by atoms with Gasteiger partial charge in [-0.25, -0.2) is 0 Å². The molecule has 1 aromatic heterocycles. The van der Waals surface area contributed by atoms with Gasteiger partial charge in [-0.15, -0.1) is 12.4 Å². The number of aromatic nitrogens is 1. The summed E-state index contributed by atoms with van der Waals surface area (Å²) in [6.07, 6.45) is 4.04. The molecule has 0 radical (unpaired) electrons. The maximum absolute atomic E-state index is 12.3. The van der Waals surface area contributed by atoms with Gasteiger partial charge in [-0.05, 0) is 43.4 Å². The van der Waals surface area contributed by atoms with E-state index in [2.05, 4.69) is 29.5 Å². The van der Waals surface area contributed by atoms with Crippen LogP contribution in [0, 0.1) is 12.3 Å². The predicted molar refractivity (Wildman–Crippen MR) is 82.9 cm³/mol. The smallest absolute Gasteiger partial charge is 0.237 e. The highest BCUT2D eigenvalue weighted by atomic mass is 35.5. The van der Waals surface area contributed by atoms with Crippen LogP contribution < -0.4 is 10.6 Å². The monoisotopic (exact) mass is 297 g/mol. The standard InChI is InChI=1S/C15H23N3O.ClH/c1-11-5-6-12(9-17-11)10-18-14(19)13-15(2,3)7-4-8-16-13;/h5-6,9,13,16H,4,7-8,10H2,1-3H3,(H,18,19);1H. The summed E-state index contributed by atoms with van der Waals surface area (Å²) >= 11 is 0. The summed E-state index contributed by atoms with van der Waals surface area (Å²) in [6, 6.07) is 3.87. The van der Waals surface area contributed by atoms with Gasteiger partial charge in [0.05, 0.1) is 6.04 Å². The van der Waals surface area contributed by atoms with Crippen LogP contribution in [0.15, 0.2) is 18.3 Å². The molecule has 0 saturated carbocycles. The van der Waals surface area contributed by atoms with Crippen molar-refractivity contribution in [1.29, 1.82) is 0 Å². The Bertz CT molecular complexity index is 445. The molecule has 0 aromatic carbocycles. The Balaban J connectivity index is 0.00000200. The number of hydrogen-bond acceptors (Lipinski definition) is 3. The van der Waals surface area contributed by atoms with Gasteiger partial charge in [0.25, 0.3) is 0 Å². The molecule has 1 aliphatic heterocycles. The van der Waals surface area contributed by atoms with Crippen LogP contribution in [0.1, 0.15) is 37.9 Å². The van der Waals surface area contributed by atoms with E-state index in [0.717, 1.165) is 30.6 Å². The van der Waals surface area contributed by atoms with E-state index in [1.165, 1.54) is 0 Å². The Morgan fingerprint density at radius 2 is 2.25 bits per heavy atom. The van der Waals surface area contributed by atoms with Crippen molar-refractivity contribution >= 4 is 18.3 Å². The molecule has 112 valence electrons. The van der Waals surface area contributed by atoms with Crippen LogP contribution in [0.3, 0.4) is 0 Å². The second-order valence-corrected chi connectivity index (χ2v) is 6.00. The maximum atomic E-state index is 12.3. The van der Waals surface area contributed by atoms with E-state index in [1.54, 1.807) is 0 Å². The fraction of sp³-hybridized carbons (Fsp3) is 0.600. The van der Waals surface area contributed by atoms with E-state index < -0.39 is 0 Å². The van der Waals surface area contributed by atoms with Gasteiger partial charge in [-0.3, -0.25) is 9.78 Å². The van der Waals surface area contributed by atoms with Gasteiger partial charge in [0.2, 0.25) is 5.91 Å². The lowest BCUT2D eigenvalue weighted by molar-refractivity contribution is -0.126. The Kier molecular flexibility index (Phi) is 5.96. The van der Waals surface area contributed by atoms with E-state index in [1.807, 2.05) is 25.3 Å². The minimum absolute atomic E-state index is 0. The van der Waals surface area contributed by atoms with Crippen molar-refractivity contribution in [1.82, 2.24) is 15.6 Å². The van der Waals surface area contributed by atoms with Crippen molar-refractivity contribution in [3.8, 4) is 0 Å². The third-order valence-corrected chi connectivity index (χ3v) is 3.83. The highest BCUT2D eigenvalue weighted by Crippen LogP contribution is 2.30. The number of piperidine rings is 1. The topological polar surface area (TPSA) is 54.0 Å². The Morgan fingerprint density at radius 1 is 1.50 bits per heavy atom. The van der Waals surface area contributed by atoms with Gasteiger partial charge in [0.15, 0.2) is 0 Å². The summed E-state index contributed by atoms with van der Waals surface area (Å²) in [5.74, 6) is 0.0882. The predicted octanol–water partition coefficient (Wildman–Crippen LogP) is 2.21. The van der Waals surface area contributed by atoms with E-state index >= 15 is 0 Å². The quantitative estimate of drug-likeness (QED) is 0.899. The lowest BCUT2D eigenvalue weighted by Crippen LogP contribution is -2.55. The number of rotatable bonds is 3. The van der Waals surface area contributed by atoms with Gasteiger partial charge in [0, 0.05) is 18.4 Å². The molecule has 2 rings (SSSR count). The average molecular weight is 298 g/mol. The zero-order valence-corrected chi connectivity index (χ0v) is 13.2. The molecule has 1 saturated heterocycles. The number of carbonyl (C=O) groups excluding carboxylic acids is 1. The van der Waals surface area contributed by atoms with E-state index in [0.29, 0.717) is 6.54 Å². The van der Waals surface area contributed by atoms with Crippen LogP contribution in [0.4, 0.5) is 0 Å². The Labute approximate surface area is 127 Å². The van der Waals surface area contributed by atoms with Crippen LogP contribution >= 0.6 is 12.4 Å². The first-order valence-electron chi connectivity index (χ1n) is 6.92. The first-order valence-corrected chi connectivity index (χ1v) is 6.92. The number of amides is 1. The minimum Gasteiger partial charge on any atom is -0.351 e. The van der Waals surface area contributed by atoms with Gasteiger partial charge < -0.3 is 10.6 Å². The molecular formula is C15H24ClN3O.